The molecule has 0 amide bonds. The smallest absolute Gasteiger partial charge is 0.316 e. The first kappa shape index (κ1) is 18.4. The van der Waals surface area contributed by atoms with Crippen molar-refractivity contribution in [3.8, 4) is 6.01 Å². The molecule has 3 unspecified atom stereocenters. The first-order valence-corrected chi connectivity index (χ1v) is 9.26. The highest BCUT2D eigenvalue weighted by molar-refractivity contribution is 5.26. The maximum Gasteiger partial charge on any atom is 0.316 e. The molecule has 146 valence electrons. The highest BCUT2D eigenvalue weighted by Crippen LogP contribution is 2.43. The molecule has 0 bridgehead atoms. The van der Waals surface area contributed by atoms with E-state index in [1.807, 2.05) is 0 Å². The monoisotopic (exact) mass is 380 g/mol. The number of fused-ring (bicyclic) bond motifs is 1. The second-order valence-corrected chi connectivity index (χ2v) is 7.62. The van der Waals surface area contributed by atoms with Crippen LogP contribution in [0.3, 0.4) is 0 Å². The van der Waals surface area contributed by atoms with Gasteiger partial charge in [0.2, 0.25) is 0 Å². The standard InChI is InChI=1S/C19H23F3N4O/c1-27-19-24-7-10-8-26(9-18(10)25-19)11-2-3-12(17(23)4-11)13-5-15(21)16(22)6-14(13)20/h6-7,11-13,17H,2-5,8-9,23H2,1H3/t11?,12-,13?,17?/m1/s1. The van der Waals surface area contributed by atoms with Gasteiger partial charge >= 0.3 is 6.01 Å². The van der Waals surface area contributed by atoms with Crippen LogP contribution in [-0.4, -0.2) is 34.1 Å². The number of aromatic nitrogens is 2. The van der Waals surface area contributed by atoms with Crippen molar-refractivity contribution in [3.63, 3.8) is 0 Å². The lowest BCUT2D eigenvalue weighted by Gasteiger charge is -2.41. The van der Waals surface area contributed by atoms with Crippen LogP contribution in [0.4, 0.5) is 13.2 Å². The third kappa shape index (κ3) is 3.48. The highest BCUT2D eigenvalue weighted by atomic mass is 19.2. The SMILES string of the molecule is COc1ncc2c(n1)CN(C1CC[C@H](C3CC(F)=C(F)C=C3F)C(N)C1)C2. The van der Waals surface area contributed by atoms with Gasteiger partial charge in [-0.15, -0.1) is 0 Å². The largest absolute Gasteiger partial charge is 0.467 e. The fourth-order valence-corrected chi connectivity index (χ4v) is 4.60. The lowest BCUT2D eigenvalue weighted by Crippen LogP contribution is -2.47. The van der Waals surface area contributed by atoms with Crippen LogP contribution in [0.5, 0.6) is 6.01 Å². The third-order valence-corrected chi connectivity index (χ3v) is 6.08. The highest BCUT2D eigenvalue weighted by Gasteiger charge is 2.40. The molecular weight excluding hydrogens is 357 g/mol. The zero-order valence-corrected chi connectivity index (χ0v) is 15.2. The van der Waals surface area contributed by atoms with Crippen LogP contribution in [0.2, 0.25) is 0 Å². The quantitative estimate of drug-likeness (QED) is 0.872. The van der Waals surface area contributed by atoms with E-state index in [4.69, 9.17) is 10.5 Å². The van der Waals surface area contributed by atoms with E-state index in [0.29, 0.717) is 31.5 Å². The van der Waals surface area contributed by atoms with E-state index in [1.54, 1.807) is 6.20 Å². The minimum Gasteiger partial charge on any atom is -0.467 e. The van der Waals surface area contributed by atoms with Crippen LogP contribution in [0.25, 0.3) is 0 Å². The number of allylic oxidation sites excluding steroid dienone is 4. The molecule has 1 aliphatic heterocycles. The first-order valence-electron chi connectivity index (χ1n) is 9.26. The van der Waals surface area contributed by atoms with Crippen molar-refractivity contribution in [1.29, 1.82) is 0 Å². The predicted molar refractivity (Wildman–Crippen MR) is 93.5 cm³/mol. The molecule has 1 saturated carbocycles. The van der Waals surface area contributed by atoms with Crippen molar-refractivity contribution in [2.75, 3.05) is 7.11 Å². The molecule has 0 radical (unpaired) electrons. The van der Waals surface area contributed by atoms with E-state index in [2.05, 4.69) is 14.9 Å². The predicted octanol–water partition coefficient (Wildman–Crippen LogP) is 3.32. The molecule has 5 nitrogen and oxygen atoms in total. The molecule has 27 heavy (non-hydrogen) atoms. The molecule has 3 aliphatic rings. The average molecular weight is 380 g/mol. The normalized spacial score (nSPS) is 31.7. The van der Waals surface area contributed by atoms with Gasteiger partial charge in [0, 0.05) is 55.3 Å². The maximum absolute atomic E-state index is 14.2. The van der Waals surface area contributed by atoms with Gasteiger partial charge in [-0.05, 0) is 25.2 Å². The van der Waals surface area contributed by atoms with Crippen LogP contribution in [0.15, 0.2) is 29.8 Å². The molecule has 4 atom stereocenters. The van der Waals surface area contributed by atoms with Crippen molar-refractivity contribution in [3.05, 3.63) is 41.0 Å². The Hall–Kier alpha value is -1.93. The number of methoxy groups -OCH3 is 1. The summed E-state index contributed by atoms with van der Waals surface area (Å²) in [5.74, 6) is -3.41. The van der Waals surface area contributed by atoms with Crippen molar-refractivity contribution in [1.82, 2.24) is 14.9 Å². The van der Waals surface area contributed by atoms with E-state index < -0.39 is 23.4 Å². The van der Waals surface area contributed by atoms with Crippen molar-refractivity contribution in [2.45, 2.75) is 50.9 Å². The molecule has 1 fully saturated rings. The molecular formula is C19H23F3N4O. The second kappa shape index (κ2) is 7.24. The fraction of sp³-hybridized carbons (Fsp3) is 0.579. The van der Waals surface area contributed by atoms with E-state index in [0.717, 1.165) is 24.2 Å². The van der Waals surface area contributed by atoms with Crippen molar-refractivity contribution in [2.24, 2.45) is 17.6 Å². The fourth-order valence-electron chi connectivity index (χ4n) is 4.60. The lowest BCUT2D eigenvalue weighted by molar-refractivity contribution is 0.0989. The lowest BCUT2D eigenvalue weighted by atomic mass is 9.72. The number of halogens is 3. The maximum atomic E-state index is 14.2. The topological polar surface area (TPSA) is 64.3 Å². The van der Waals surface area contributed by atoms with Gasteiger partial charge in [-0.3, -0.25) is 4.90 Å². The first-order chi connectivity index (χ1) is 13.0. The van der Waals surface area contributed by atoms with E-state index in [1.165, 1.54) is 7.11 Å². The molecule has 0 saturated heterocycles. The summed E-state index contributed by atoms with van der Waals surface area (Å²) in [7, 11) is 1.54. The minimum atomic E-state index is -1.10. The Kier molecular flexibility index (Phi) is 4.94. The van der Waals surface area contributed by atoms with Gasteiger partial charge in [0.1, 0.15) is 11.7 Å². The Bertz CT molecular complexity index is 797. The molecule has 4 rings (SSSR count). The van der Waals surface area contributed by atoms with Gasteiger partial charge in [0.15, 0.2) is 5.83 Å². The summed E-state index contributed by atoms with van der Waals surface area (Å²) in [6, 6.07) is 0.355. The van der Waals surface area contributed by atoms with E-state index >= 15 is 0 Å². The van der Waals surface area contributed by atoms with Crippen molar-refractivity contribution < 1.29 is 17.9 Å². The molecule has 8 heteroatoms. The van der Waals surface area contributed by atoms with Crippen LogP contribution in [0, 0.1) is 11.8 Å². The summed E-state index contributed by atoms with van der Waals surface area (Å²) in [5, 5.41) is 0. The Morgan fingerprint density at radius 2 is 2.04 bits per heavy atom. The Balaban J connectivity index is 1.41. The van der Waals surface area contributed by atoms with Crippen LogP contribution in [0.1, 0.15) is 36.9 Å². The molecule has 1 aromatic rings. The number of ether oxygens (including phenoxy) is 1. The zero-order valence-electron chi connectivity index (χ0n) is 15.2. The number of nitrogens with zero attached hydrogens (tertiary/aromatic N) is 3. The third-order valence-electron chi connectivity index (χ3n) is 6.08. The number of hydrogen-bond acceptors (Lipinski definition) is 5. The molecule has 2 N–H and O–H groups in total. The van der Waals surface area contributed by atoms with Crippen LogP contribution < -0.4 is 10.5 Å². The summed E-state index contributed by atoms with van der Waals surface area (Å²) in [6.45, 7) is 1.46. The molecule has 0 aromatic carbocycles. The number of hydrogen-bond donors (Lipinski definition) is 1. The summed E-state index contributed by atoms with van der Waals surface area (Å²) in [6.07, 6.45) is 4.45. The second-order valence-electron chi connectivity index (χ2n) is 7.62. The summed E-state index contributed by atoms with van der Waals surface area (Å²) in [5.41, 5.74) is 8.40. The summed E-state index contributed by atoms with van der Waals surface area (Å²) in [4.78, 5) is 10.9. The van der Waals surface area contributed by atoms with E-state index in [-0.39, 0.29) is 24.4 Å². The van der Waals surface area contributed by atoms with Gasteiger partial charge in [0.25, 0.3) is 0 Å². The van der Waals surface area contributed by atoms with Gasteiger partial charge in [0.05, 0.1) is 12.8 Å². The van der Waals surface area contributed by atoms with E-state index in [9.17, 15) is 13.2 Å². The van der Waals surface area contributed by atoms with Crippen LogP contribution in [-0.2, 0) is 13.1 Å². The molecule has 2 aliphatic carbocycles. The zero-order chi connectivity index (χ0) is 19.1. The minimum absolute atomic E-state index is 0.179. The summed E-state index contributed by atoms with van der Waals surface area (Å²) >= 11 is 0. The Labute approximate surface area is 156 Å². The average Bonchev–Trinajstić information content (AvgIpc) is 3.08. The van der Waals surface area contributed by atoms with Crippen molar-refractivity contribution >= 4 is 0 Å². The summed E-state index contributed by atoms with van der Waals surface area (Å²) < 4.78 is 46.2. The number of nitrogens with two attached hydrogens (primary N) is 1. The van der Waals surface area contributed by atoms with Gasteiger partial charge in [-0.1, -0.05) is 0 Å². The van der Waals surface area contributed by atoms with Crippen LogP contribution >= 0.6 is 0 Å². The molecule has 0 spiro atoms. The van der Waals surface area contributed by atoms with Gasteiger partial charge in [-0.2, -0.15) is 4.98 Å². The van der Waals surface area contributed by atoms with Gasteiger partial charge in [-0.25, -0.2) is 18.2 Å². The Morgan fingerprint density at radius 3 is 2.78 bits per heavy atom. The molecule has 1 aromatic heterocycles. The molecule has 2 heterocycles. The number of rotatable bonds is 3. The Morgan fingerprint density at radius 1 is 1.22 bits per heavy atom. The van der Waals surface area contributed by atoms with Gasteiger partial charge < -0.3 is 10.5 Å².